The number of carbonyl (C=O) groups excluding carboxylic acids is 2. The summed E-state index contributed by atoms with van der Waals surface area (Å²) < 4.78 is 15.6. The quantitative estimate of drug-likeness (QED) is 0.313. The van der Waals surface area contributed by atoms with Crippen molar-refractivity contribution in [1.82, 2.24) is 10.1 Å². The largest absolute Gasteiger partial charge is 0.497 e. The predicted octanol–water partition coefficient (Wildman–Crippen LogP) is 3.76. The molecule has 0 amide bonds. The van der Waals surface area contributed by atoms with Crippen molar-refractivity contribution in [3.05, 3.63) is 72.1 Å². The molecule has 0 radical (unpaired) electrons. The third-order valence-corrected chi connectivity index (χ3v) is 4.28. The average Bonchev–Trinajstić information content (AvgIpc) is 3.38. The number of para-hydroxylation sites is 1. The van der Waals surface area contributed by atoms with E-state index in [-0.39, 0.29) is 12.2 Å². The average molecular weight is 376 g/mol. The van der Waals surface area contributed by atoms with Crippen LogP contribution in [0.5, 0.6) is 5.75 Å². The first kappa shape index (κ1) is 17.5. The minimum atomic E-state index is -0.948. The van der Waals surface area contributed by atoms with E-state index in [1.54, 1.807) is 31.4 Å². The Kier molecular flexibility index (Phi) is 4.63. The summed E-state index contributed by atoms with van der Waals surface area (Å²) in [6, 6.07) is 16.2. The van der Waals surface area contributed by atoms with E-state index in [2.05, 4.69) is 10.1 Å². The van der Waals surface area contributed by atoms with E-state index in [4.69, 9.17) is 14.0 Å². The van der Waals surface area contributed by atoms with Gasteiger partial charge in [0.25, 0.3) is 5.78 Å². The van der Waals surface area contributed by atoms with Crippen LogP contribution in [0.3, 0.4) is 0 Å². The molecule has 4 aromatic rings. The zero-order valence-corrected chi connectivity index (χ0v) is 15.0. The van der Waals surface area contributed by atoms with Gasteiger partial charge in [0.05, 0.1) is 12.7 Å². The van der Waals surface area contributed by atoms with Gasteiger partial charge in [-0.3, -0.25) is 4.79 Å². The normalized spacial score (nSPS) is 10.8. The fourth-order valence-corrected chi connectivity index (χ4v) is 2.87. The first-order chi connectivity index (χ1) is 13.7. The Balaban J connectivity index is 1.44. The Morgan fingerprint density at radius 2 is 1.96 bits per heavy atom. The van der Waals surface area contributed by atoms with Crippen molar-refractivity contribution < 1.29 is 23.6 Å². The van der Waals surface area contributed by atoms with Gasteiger partial charge in [-0.15, -0.1) is 0 Å². The monoisotopic (exact) mass is 376 g/mol. The number of rotatable bonds is 6. The number of esters is 1. The molecular weight excluding hydrogens is 360 g/mol. The molecule has 0 saturated heterocycles. The molecule has 2 heterocycles. The maximum Gasteiger partial charge on any atom is 0.380 e. The molecule has 0 spiro atoms. The van der Waals surface area contributed by atoms with Crippen molar-refractivity contribution in [1.29, 1.82) is 0 Å². The number of H-pyrrole nitrogens is 1. The fraction of sp³-hybridized carbons (Fsp3) is 0.0952. The van der Waals surface area contributed by atoms with Crippen LogP contribution in [0.15, 0.2) is 65.3 Å². The first-order valence-corrected chi connectivity index (χ1v) is 8.53. The molecule has 28 heavy (non-hydrogen) atoms. The minimum absolute atomic E-state index is 0.166. The number of ether oxygens (including phenoxy) is 2. The highest BCUT2D eigenvalue weighted by Gasteiger charge is 2.22. The molecule has 0 unspecified atom stereocenters. The molecule has 7 heteroatoms. The van der Waals surface area contributed by atoms with E-state index in [0.29, 0.717) is 22.6 Å². The summed E-state index contributed by atoms with van der Waals surface area (Å²) in [6.45, 7) is -0.166. The molecule has 140 valence electrons. The topological polar surface area (TPSA) is 94.4 Å². The molecule has 2 aromatic heterocycles. The van der Waals surface area contributed by atoms with E-state index in [1.165, 1.54) is 6.20 Å². The van der Waals surface area contributed by atoms with Crippen molar-refractivity contribution in [2.45, 2.75) is 6.61 Å². The zero-order chi connectivity index (χ0) is 19.5. The number of fused-ring (bicyclic) bond motifs is 1. The van der Waals surface area contributed by atoms with Gasteiger partial charge in [-0.25, -0.2) is 4.79 Å². The van der Waals surface area contributed by atoms with E-state index in [0.717, 1.165) is 11.1 Å². The van der Waals surface area contributed by atoms with Crippen molar-refractivity contribution in [3.63, 3.8) is 0 Å². The third kappa shape index (κ3) is 3.37. The van der Waals surface area contributed by atoms with Crippen LogP contribution in [-0.2, 0) is 16.1 Å². The van der Waals surface area contributed by atoms with Gasteiger partial charge in [0.2, 0.25) is 0 Å². The number of nitrogens with zero attached hydrogens (tertiary/aromatic N) is 1. The van der Waals surface area contributed by atoms with Crippen molar-refractivity contribution in [3.8, 4) is 17.1 Å². The SMILES string of the molecule is COc1cccc(-c2cc(COC(=O)C(=O)c3c[nH]c4ccccc34)no2)c1. The lowest BCUT2D eigenvalue weighted by Gasteiger charge is -2.01. The zero-order valence-electron chi connectivity index (χ0n) is 15.0. The van der Waals surface area contributed by atoms with Gasteiger partial charge >= 0.3 is 5.97 Å². The van der Waals surface area contributed by atoms with Crippen LogP contribution in [0, 0.1) is 0 Å². The highest BCUT2D eigenvalue weighted by atomic mass is 16.5. The lowest BCUT2D eigenvalue weighted by molar-refractivity contribution is -0.139. The molecule has 2 aromatic carbocycles. The summed E-state index contributed by atoms with van der Waals surface area (Å²) in [7, 11) is 1.58. The second kappa shape index (κ2) is 7.40. The van der Waals surface area contributed by atoms with Crippen LogP contribution >= 0.6 is 0 Å². The summed E-state index contributed by atoms with van der Waals surface area (Å²) in [6.07, 6.45) is 1.51. The maximum absolute atomic E-state index is 12.4. The number of hydrogen-bond acceptors (Lipinski definition) is 6. The molecule has 0 aliphatic heterocycles. The van der Waals surface area contributed by atoms with Gasteiger partial charge in [-0.1, -0.05) is 35.5 Å². The van der Waals surface area contributed by atoms with Crippen LogP contribution < -0.4 is 4.74 Å². The summed E-state index contributed by atoms with van der Waals surface area (Å²) in [4.78, 5) is 27.5. The summed E-state index contributed by atoms with van der Waals surface area (Å²) in [5, 5.41) is 4.55. The molecule has 4 rings (SSSR count). The Hall–Kier alpha value is -3.87. The molecular formula is C21H16N2O5. The van der Waals surface area contributed by atoms with Crippen molar-refractivity contribution >= 4 is 22.7 Å². The van der Waals surface area contributed by atoms with Gasteiger partial charge < -0.3 is 19.0 Å². The van der Waals surface area contributed by atoms with Gasteiger partial charge in [0.1, 0.15) is 18.1 Å². The second-order valence-electron chi connectivity index (χ2n) is 6.07. The van der Waals surface area contributed by atoms with Crippen molar-refractivity contribution in [2.24, 2.45) is 0 Å². The summed E-state index contributed by atoms with van der Waals surface area (Å²) >= 11 is 0. The Morgan fingerprint density at radius 1 is 1.11 bits per heavy atom. The van der Waals surface area contributed by atoms with Crippen LogP contribution in [0.2, 0.25) is 0 Å². The van der Waals surface area contributed by atoms with Crippen molar-refractivity contribution in [2.75, 3.05) is 7.11 Å². The summed E-state index contributed by atoms with van der Waals surface area (Å²) in [5.41, 5.74) is 2.23. The number of aromatic nitrogens is 2. The number of aromatic amines is 1. The van der Waals surface area contributed by atoms with Crippen LogP contribution in [-0.4, -0.2) is 29.0 Å². The Bertz CT molecular complexity index is 1160. The second-order valence-corrected chi connectivity index (χ2v) is 6.07. The standard InChI is InChI=1S/C21H16N2O5/c1-26-15-6-4-5-13(9-15)19-10-14(23-28-19)12-27-21(25)20(24)17-11-22-18-8-3-2-7-16(17)18/h2-11,22H,12H2,1H3. The lowest BCUT2D eigenvalue weighted by Crippen LogP contribution is -2.17. The number of nitrogens with one attached hydrogen (secondary N) is 1. The maximum atomic E-state index is 12.4. The molecule has 1 N–H and O–H groups in total. The highest BCUT2D eigenvalue weighted by Crippen LogP contribution is 2.25. The van der Waals surface area contributed by atoms with E-state index < -0.39 is 11.8 Å². The Morgan fingerprint density at radius 3 is 2.82 bits per heavy atom. The van der Waals surface area contributed by atoms with Gasteiger partial charge in [0.15, 0.2) is 5.76 Å². The molecule has 0 saturated carbocycles. The number of benzene rings is 2. The van der Waals surface area contributed by atoms with Crippen LogP contribution in [0.4, 0.5) is 0 Å². The summed E-state index contributed by atoms with van der Waals surface area (Å²) in [5.74, 6) is -0.469. The predicted molar refractivity (Wildman–Crippen MR) is 101 cm³/mol. The Labute approximate surface area is 159 Å². The number of hydrogen-bond donors (Lipinski definition) is 1. The number of carbonyl (C=O) groups is 2. The fourth-order valence-electron chi connectivity index (χ4n) is 2.87. The lowest BCUT2D eigenvalue weighted by atomic mass is 10.1. The van der Waals surface area contributed by atoms with Gasteiger partial charge in [0, 0.05) is 28.7 Å². The number of Topliss-reactive ketones (excluding diaryl/α,β-unsaturated/α-hetero) is 1. The number of ketones is 1. The van der Waals surface area contributed by atoms with E-state index in [1.807, 2.05) is 30.3 Å². The van der Waals surface area contributed by atoms with E-state index in [9.17, 15) is 9.59 Å². The smallest absolute Gasteiger partial charge is 0.380 e. The molecule has 0 aliphatic carbocycles. The molecule has 0 bridgehead atoms. The van der Waals surface area contributed by atoms with Crippen LogP contribution in [0.1, 0.15) is 16.1 Å². The molecule has 0 aliphatic rings. The molecule has 0 atom stereocenters. The highest BCUT2D eigenvalue weighted by molar-refractivity contribution is 6.42. The van der Waals surface area contributed by atoms with E-state index >= 15 is 0 Å². The van der Waals surface area contributed by atoms with Gasteiger partial charge in [-0.05, 0) is 18.2 Å². The minimum Gasteiger partial charge on any atom is -0.497 e. The first-order valence-electron chi connectivity index (χ1n) is 8.53. The number of methoxy groups -OCH3 is 1. The molecule has 7 nitrogen and oxygen atoms in total. The molecule has 0 fully saturated rings. The van der Waals surface area contributed by atoms with Crippen LogP contribution in [0.25, 0.3) is 22.2 Å². The third-order valence-electron chi connectivity index (χ3n) is 4.28. The van der Waals surface area contributed by atoms with Gasteiger partial charge in [-0.2, -0.15) is 0 Å².